The molecule has 0 unspecified atom stereocenters. The highest BCUT2D eigenvalue weighted by Gasteiger charge is 2.19. The Balaban J connectivity index is 2.04. The minimum Gasteiger partial charge on any atom is -0.411 e. The van der Waals surface area contributed by atoms with Gasteiger partial charge in [-0.15, -0.1) is 0 Å². The molecule has 98 valence electrons. The van der Waals surface area contributed by atoms with E-state index in [2.05, 4.69) is 15.5 Å². The highest BCUT2D eigenvalue weighted by atomic mass is 16.4. The lowest BCUT2D eigenvalue weighted by molar-refractivity contribution is 0.126. The summed E-state index contributed by atoms with van der Waals surface area (Å²) < 4.78 is 0. The molecule has 1 fully saturated rings. The van der Waals surface area contributed by atoms with Crippen molar-refractivity contribution in [3.63, 3.8) is 0 Å². The summed E-state index contributed by atoms with van der Waals surface area (Å²) in [6, 6.07) is 3.72. The van der Waals surface area contributed by atoms with Crippen molar-refractivity contribution < 1.29 is 10.3 Å². The van der Waals surface area contributed by atoms with Crippen LogP contribution in [0.5, 0.6) is 0 Å². The highest BCUT2D eigenvalue weighted by Crippen LogP contribution is 2.22. The highest BCUT2D eigenvalue weighted by molar-refractivity contribution is 5.81. The molecule has 18 heavy (non-hydrogen) atoms. The van der Waals surface area contributed by atoms with Crippen LogP contribution in [0.1, 0.15) is 31.2 Å². The van der Waals surface area contributed by atoms with Crippen LogP contribution in [0.15, 0.2) is 17.3 Å². The van der Waals surface area contributed by atoms with Gasteiger partial charge >= 0.3 is 0 Å². The average molecular weight is 250 g/mol. The molecule has 0 radical (unpaired) electrons. The van der Waals surface area contributed by atoms with Crippen LogP contribution in [0.2, 0.25) is 0 Å². The fraction of sp³-hybridized carbons (Fsp3) is 0.500. The third-order valence-corrected chi connectivity index (χ3v) is 3.12. The van der Waals surface area contributed by atoms with E-state index in [1.807, 2.05) is 0 Å². The van der Waals surface area contributed by atoms with Crippen molar-refractivity contribution in [1.82, 2.24) is 4.98 Å². The molecule has 0 aromatic carbocycles. The van der Waals surface area contributed by atoms with Crippen molar-refractivity contribution in [2.45, 2.75) is 37.8 Å². The predicted octanol–water partition coefficient (Wildman–Crippen LogP) is 1.19. The Morgan fingerprint density at radius 3 is 2.72 bits per heavy atom. The van der Waals surface area contributed by atoms with E-state index in [-0.39, 0.29) is 6.10 Å². The fourth-order valence-corrected chi connectivity index (χ4v) is 2.22. The van der Waals surface area contributed by atoms with Crippen molar-refractivity contribution >= 4 is 17.9 Å². The first-order valence-corrected chi connectivity index (χ1v) is 6.07. The molecule has 1 aromatic rings. The van der Waals surface area contributed by atoms with E-state index in [1.54, 1.807) is 12.1 Å². The zero-order chi connectivity index (χ0) is 13.0. The number of hydrogen-bond acceptors (Lipinski definition) is 6. The van der Waals surface area contributed by atoms with E-state index < -0.39 is 0 Å². The SMILES string of the molecule is Nc1cc(/C=N/O)cc(NC2CCC(O)CC2)n1. The van der Waals surface area contributed by atoms with Gasteiger partial charge < -0.3 is 21.4 Å². The van der Waals surface area contributed by atoms with Gasteiger partial charge in [0.1, 0.15) is 11.6 Å². The van der Waals surface area contributed by atoms with Crippen molar-refractivity contribution in [2.75, 3.05) is 11.1 Å². The Kier molecular flexibility index (Phi) is 3.99. The molecule has 1 aromatic heterocycles. The van der Waals surface area contributed by atoms with Crippen molar-refractivity contribution in [1.29, 1.82) is 0 Å². The van der Waals surface area contributed by atoms with Crippen LogP contribution in [0.3, 0.4) is 0 Å². The fourth-order valence-electron chi connectivity index (χ4n) is 2.22. The number of nitrogens with two attached hydrogens (primary N) is 1. The first-order valence-electron chi connectivity index (χ1n) is 6.07. The van der Waals surface area contributed by atoms with Crippen LogP contribution in [0.4, 0.5) is 11.6 Å². The van der Waals surface area contributed by atoms with Crippen LogP contribution in [0, 0.1) is 0 Å². The van der Waals surface area contributed by atoms with Gasteiger partial charge in [0.2, 0.25) is 0 Å². The van der Waals surface area contributed by atoms with Crippen LogP contribution >= 0.6 is 0 Å². The van der Waals surface area contributed by atoms with Gasteiger partial charge in [0.05, 0.1) is 12.3 Å². The summed E-state index contributed by atoms with van der Waals surface area (Å²) >= 11 is 0. The molecular formula is C12H18N4O2. The van der Waals surface area contributed by atoms with Gasteiger partial charge in [-0.1, -0.05) is 5.16 Å². The maximum Gasteiger partial charge on any atom is 0.129 e. The maximum absolute atomic E-state index is 9.44. The third kappa shape index (κ3) is 3.33. The zero-order valence-electron chi connectivity index (χ0n) is 10.1. The summed E-state index contributed by atoms with van der Waals surface area (Å²) in [4.78, 5) is 4.19. The number of aliphatic hydroxyl groups is 1. The van der Waals surface area contributed by atoms with Gasteiger partial charge in [-0.2, -0.15) is 0 Å². The molecular weight excluding hydrogens is 232 g/mol. The lowest BCUT2D eigenvalue weighted by Crippen LogP contribution is -2.28. The molecule has 0 amide bonds. The molecule has 6 nitrogen and oxygen atoms in total. The van der Waals surface area contributed by atoms with Crippen LogP contribution in [-0.4, -0.2) is 33.7 Å². The van der Waals surface area contributed by atoms with Gasteiger partial charge in [0.15, 0.2) is 0 Å². The summed E-state index contributed by atoms with van der Waals surface area (Å²) in [5, 5.41) is 24.2. The molecule has 1 aliphatic rings. The number of nitrogen functional groups attached to an aromatic ring is 1. The second-order valence-electron chi connectivity index (χ2n) is 4.60. The second kappa shape index (κ2) is 5.68. The maximum atomic E-state index is 9.44. The van der Waals surface area contributed by atoms with Gasteiger partial charge in [0.25, 0.3) is 0 Å². The number of oxime groups is 1. The number of hydrogen-bond donors (Lipinski definition) is 4. The Bertz CT molecular complexity index is 428. The molecule has 0 atom stereocenters. The standard InChI is InChI=1S/C12H18N4O2/c13-11-5-8(7-14-18)6-12(16-11)15-9-1-3-10(17)4-2-9/h5-7,9-10,17-18H,1-4H2,(H3,13,15,16)/b14-7+. The second-order valence-corrected chi connectivity index (χ2v) is 4.60. The number of pyridine rings is 1. The largest absolute Gasteiger partial charge is 0.411 e. The molecule has 2 rings (SSSR count). The normalized spacial score (nSPS) is 24.3. The number of aliphatic hydroxyl groups excluding tert-OH is 1. The lowest BCUT2D eigenvalue weighted by atomic mass is 9.93. The third-order valence-electron chi connectivity index (χ3n) is 3.12. The minimum atomic E-state index is -0.172. The van der Waals surface area contributed by atoms with Crippen molar-refractivity contribution in [3.8, 4) is 0 Å². The van der Waals surface area contributed by atoms with Gasteiger partial charge in [0, 0.05) is 11.6 Å². The quantitative estimate of drug-likeness (QED) is 0.366. The van der Waals surface area contributed by atoms with Crippen LogP contribution in [0.25, 0.3) is 0 Å². The monoisotopic (exact) mass is 250 g/mol. The molecule has 0 bridgehead atoms. The minimum absolute atomic E-state index is 0.172. The van der Waals surface area contributed by atoms with Gasteiger partial charge in [-0.3, -0.25) is 0 Å². The van der Waals surface area contributed by atoms with Gasteiger partial charge in [-0.25, -0.2) is 4.98 Å². The summed E-state index contributed by atoms with van der Waals surface area (Å²) in [5.41, 5.74) is 6.38. The summed E-state index contributed by atoms with van der Waals surface area (Å²) in [6.45, 7) is 0. The molecule has 6 heteroatoms. The van der Waals surface area contributed by atoms with Crippen molar-refractivity contribution in [3.05, 3.63) is 17.7 Å². The zero-order valence-corrected chi connectivity index (χ0v) is 10.1. The Morgan fingerprint density at radius 1 is 1.33 bits per heavy atom. The van der Waals surface area contributed by atoms with E-state index in [0.29, 0.717) is 23.2 Å². The molecule has 0 aliphatic heterocycles. The number of aromatic nitrogens is 1. The average Bonchev–Trinajstić information content (AvgIpc) is 2.32. The van der Waals surface area contributed by atoms with E-state index in [4.69, 9.17) is 10.9 Å². The number of nitrogens with zero attached hydrogens (tertiary/aromatic N) is 2. The number of nitrogens with one attached hydrogen (secondary N) is 1. The Morgan fingerprint density at radius 2 is 2.06 bits per heavy atom. The first kappa shape index (κ1) is 12.6. The van der Waals surface area contributed by atoms with E-state index >= 15 is 0 Å². The van der Waals surface area contributed by atoms with Crippen LogP contribution < -0.4 is 11.1 Å². The first-order chi connectivity index (χ1) is 8.67. The number of anilines is 2. The van der Waals surface area contributed by atoms with E-state index in [9.17, 15) is 5.11 Å². The molecule has 0 spiro atoms. The van der Waals surface area contributed by atoms with Gasteiger partial charge in [-0.05, 0) is 37.8 Å². The summed E-state index contributed by atoms with van der Waals surface area (Å²) in [6.07, 6.45) is 4.60. The lowest BCUT2D eigenvalue weighted by Gasteiger charge is -2.26. The van der Waals surface area contributed by atoms with E-state index in [0.717, 1.165) is 25.7 Å². The Hall–Kier alpha value is -1.82. The summed E-state index contributed by atoms with van der Waals surface area (Å²) in [5.74, 6) is 1.05. The summed E-state index contributed by atoms with van der Waals surface area (Å²) in [7, 11) is 0. The molecule has 1 heterocycles. The van der Waals surface area contributed by atoms with Crippen molar-refractivity contribution in [2.24, 2.45) is 5.16 Å². The topological polar surface area (TPSA) is 104 Å². The molecule has 1 aliphatic carbocycles. The number of rotatable bonds is 3. The molecule has 0 saturated heterocycles. The van der Waals surface area contributed by atoms with Crippen LogP contribution in [-0.2, 0) is 0 Å². The molecule has 5 N–H and O–H groups in total. The Labute approximate surface area is 106 Å². The van der Waals surface area contributed by atoms with E-state index in [1.165, 1.54) is 6.21 Å². The molecule has 1 saturated carbocycles. The predicted molar refractivity (Wildman–Crippen MR) is 69.9 cm³/mol. The smallest absolute Gasteiger partial charge is 0.129 e.